The fraction of sp³-hybridized carbons (Fsp3) is 0.455. The predicted octanol–water partition coefficient (Wildman–Crippen LogP) is 2.47. The van der Waals surface area contributed by atoms with Gasteiger partial charge in [0.15, 0.2) is 5.82 Å². The smallest absolute Gasteiger partial charge is 0.224 e. The maximum absolute atomic E-state index is 5.18. The Morgan fingerprint density at radius 2 is 2.24 bits per heavy atom. The molecule has 2 heterocycles. The van der Waals surface area contributed by atoms with Gasteiger partial charge in [0, 0.05) is 24.5 Å². The number of aromatic nitrogens is 3. The topological polar surface area (TPSA) is 52.0 Å². The number of methoxy groups -OCH3 is 1. The highest BCUT2D eigenvalue weighted by molar-refractivity contribution is 7.13. The van der Waals surface area contributed by atoms with Crippen molar-refractivity contribution < 1.29 is 4.74 Å². The summed E-state index contributed by atoms with van der Waals surface area (Å²) < 4.78 is 7.25. The fourth-order valence-electron chi connectivity index (χ4n) is 1.62. The normalized spacial score (nSPS) is 10.5. The van der Waals surface area contributed by atoms with Crippen molar-refractivity contribution in [1.29, 1.82) is 0 Å². The molecule has 0 aliphatic rings. The monoisotopic (exact) mass is 252 g/mol. The highest BCUT2D eigenvalue weighted by Crippen LogP contribution is 2.30. The fourth-order valence-corrected chi connectivity index (χ4v) is 2.46. The lowest BCUT2D eigenvalue weighted by Crippen LogP contribution is -2.06. The van der Waals surface area contributed by atoms with Crippen LogP contribution >= 0.6 is 11.3 Å². The zero-order chi connectivity index (χ0) is 12.3. The second kappa shape index (κ2) is 5.18. The third kappa shape index (κ3) is 2.26. The van der Waals surface area contributed by atoms with E-state index in [1.807, 2.05) is 18.4 Å². The first kappa shape index (κ1) is 11.9. The molecule has 0 aliphatic heterocycles. The number of ether oxygens (including phenoxy) is 1. The molecule has 0 fully saturated rings. The van der Waals surface area contributed by atoms with E-state index in [1.165, 1.54) is 0 Å². The molecule has 0 radical (unpaired) electrons. The summed E-state index contributed by atoms with van der Waals surface area (Å²) in [7, 11) is 1.67. The molecule has 0 unspecified atom stereocenters. The Hall–Kier alpha value is -1.56. The molecule has 0 bridgehead atoms. The molecule has 0 atom stereocenters. The van der Waals surface area contributed by atoms with Crippen molar-refractivity contribution >= 4 is 17.3 Å². The lowest BCUT2D eigenvalue weighted by molar-refractivity contribution is 0.417. The standard InChI is InChI=1S/C11H16N4OS/c1-4-12-11-14-13-10(15(11)5-2)9-6-8(16-3)7-17-9/h6-7H,4-5H2,1-3H3,(H,12,14). The molecule has 6 heteroatoms. The summed E-state index contributed by atoms with van der Waals surface area (Å²) in [5.74, 6) is 2.56. The summed E-state index contributed by atoms with van der Waals surface area (Å²) in [6.45, 7) is 5.80. The highest BCUT2D eigenvalue weighted by Gasteiger charge is 2.13. The molecule has 0 spiro atoms. The minimum atomic E-state index is 0.817. The van der Waals surface area contributed by atoms with Crippen molar-refractivity contribution in [3.63, 3.8) is 0 Å². The molecule has 17 heavy (non-hydrogen) atoms. The van der Waals surface area contributed by atoms with Crippen LogP contribution in [0.5, 0.6) is 5.75 Å². The molecule has 0 saturated carbocycles. The third-order valence-electron chi connectivity index (χ3n) is 2.43. The maximum Gasteiger partial charge on any atom is 0.224 e. The third-order valence-corrected chi connectivity index (χ3v) is 3.34. The molecule has 0 aromatic carbocycles. The van der Waals surface area contributed by atoms with Crippen LogP contribution in [-0.4, -0.2) is 28.4 Å². The summed E-state index contributed by atoms with van der Waals surface area (Å²) in [5, 5.41) is 13.6. The van der Waals surface area contributed by atoms with Gasteiger partial charge in [-0.25, -0.2) is 0 Å². The first-order valence-electron chi connectivity index (χ1n) is 5.60. The number of anilines is 1. The molecule has 2 aromatic rings. The molecule has 92 valence electrons. The highest BCUT2D eigenvalue weighted by atomic mass is 32.1. The molecule has 0 saturated heterocycles. The van der Waals surface area contributed by atoms with Crippen LogP contribution in [0.15, 0.2) is 11.4 Å². The number of nitrogens with one attached hydrogen (secondary N) is 1. The van der Waals surface area contributed by atoms with Crippen LogP contribution in [0.3, 0.4) is 0 Å². The largest absolute Gasteiger partial charge is 0.496 e. The summed E-state index contributed by atoms with van der Waals surface area (Å²) >= 11 is 1.61. The van der Waals surface area contributed by atoms with Gasteiger partial charge in [0.05, 0.1) is 12.0 Å². The van der Waals surface area contributed by atoms with Crippen molar-refractivity contribution in [3.05, 3.63) is 11.4 Å². The first-order chi connectivity index (χ1) is 8.30. The van der Waals surface area contributed by atoms with Crippen LogP contribution in [0.1, 0.15) is 13.8 Å². The Bertz CT molecular complexity index is 491. The van der Waals surface area contributed by atoms with Gasteiger partial charge in [0.25, 0.3) is 0 Å². The maximum atomic E-state index is 5.18. The number of hydrogen-bond donors (Lipinski definition) is 1. The van der Waals surface area contributed by atoms with E-state index >= 15 is 0 Å². The molecule has 5 nitrogen and oxygen atoms in total. The summed E-state index contributed by atoms with van der Waals surface area (Å²) in [6, 6.07) is 1.98. The molecular formula is C11H16N4OS. The van der Waals surface area contributed by atoms with Gasteiger partial charge in [0.1, 0.15) is 5.75 Å². The van der Waals surface area contributed by atoms with Crippen LogP contribution < -0.4 is 10.1 Å². The number of hydrogen-bond acceptors (Lipinski definition) is 5. The first-order valence-corrected chi connectivity index (χ1v) is 6.48. The van der Waals surface area contributed by atoms with Crippen LogP contribution in [0.2, 0.25) is 0 Å². The van der Waals surface area contributed by atoms with Gasteiger partial charge in [-0.15, -0.1) is 21.5 Å². The van der Waals surface area contributed by atoms with E-state index in [0.29, 0.717) is 0 Å². The van der Waals surface area contributed by atoms with Crippen LogP contribution in [-0.2, 0) is 6.54 Å². The molecule has 2 aromatic heterocycles. The Morgan fingerprint density at radius 3 is 2.82 bits per heavy atom. The number of rotatable bonds is 5. The van der Waals surface area contributed by atoms with Crippen molar-refractivity contribution in [2.24, 2.45) is 0 Å². The Balaban J connectivity index is 2.37. The number of nitrogens with zero attached hydrogens (tertiary/aromatic N) is 3. The van der Waals surface area contributed by atoms with E-state index in [0.717, 1.165) is 35.5 Å². The van der Waals surface area contributed by atoms with Gasteiger partial charge in [-0.05, 0) is 13.8 Å². The number of thiophene rings is 1. The van der Waals surface area contributed by atoms with Crippen LogP contribution in [0, 0.1) is 0 Å². The second-order valence-corrected chi connectivity index (χ2v) is 4.38. The van der Waals surface area contributed by atoms with E-state index in [2.05, 4.69) is 27.0 Å². The Morgan fingerprint density at radius 1 is 1.41 bits per heavy atom. The van der Waals surface area contributed by atoms with Crippen molar-refractivity contribution in [2.45, 2.75) is 20.4 Å². The minimum absolute atomic E-state index is 0.817. The summed E-state index contributed by atoms with van der Waals surface area (Å²) in [4.78, 5) is 1.07. The minimum Gasteiger partial charge on any atom is -0.496 e. The SMILES string of the molecule is CCNc1nnc(-c2cc(OC)cs2)n1CC. The lowest BCUT2D eigenvalue weighted by atomic mass is 10.4. The van der Waals surface area contributed by atoms with E-state index in [-0.39, 0.29) is 0 Å². The van der Waals surface area contributed by atoms with E-state index < -0.39 is 0 Å². The second-order valence-electron chi connectivity index (χ2n) is 3.47. The van der Waals surface area contributed by atoms with Gasteiger partial charge in [-0.3, -0.25) is 4.57 Å². The summed E-state index contributed by atoms with van der Waals surface area (Å²) in [5.41, 5.74) is 0. The molecular weight excluding hydrogens is 236 g/mol. The van der Waals surface area contributed by atoms with Gasteiger partial charge < -0.3 is 10.1 Å². The van der Waals surface area contributed by atoms with Crippen molar-refractivity contribution in [2.75, 3.05) is 19.0 Å². The van der Waals surface area contributed by atoms with Gasteiger partial charge in [-0.2, -0.15) is 0 Å². The van der Waals surface area contributed by atoms with E-state index in [9.17, 15) is 0 Å². The molecule has 1 N–H and O–H groups in total. The molecule has 0 aliphatic carbocycles. The lowest BCUT2D eigenvalue weighted by Gasteiger charge is -2.06. The Kier molecular flexibility index (Phi) is 3.63. The zero-order valence-electron chi connectivity index (χ0n) is 10.2. The average Bonchev–Trinajstić information content (AvgIpc) is 2.94. The van der Waals surface area contributed by atoms with Crippen molar-refractivity contribution in [1.82, 2.24) is 14.8 Å². The quantitative estimate of drug-likeness (QED) is 0.888. The Labute approximate surface area is 104 Å². The zero-order valence-corrected chi connectivity index (χ0v) is 11.0. The molecule has 0 amide bonds. The average molecular weight is 252 g/mol. The summed E-state index contributed by atoms with van der Waals surface area (Å²) in [6.07, 6.45) is 0. The molecule has 2 rings (SSSR count). The van der Waals surface area contributed by atoms with Crippen molar-refractivity contribution in [3.8, 4) is 16.5 Å². The van der Waals surface area contributed by atoms with Gasteiger partial charge in [0.2, 0.25) is 5.95 Å². The van der Waals surface area contributed by atoms with E-state index in [4.69, 9.17) is 4.74 Å². The van der Waals surface area contributed by atoms with Gasteiger partial charge >= 0.3 is 0 Å². The van der Waals surface area contributed by atoms with Gasteiger partial charge in [-0.1, -0.05) is 0 Å². The van der Waals surface area contributed by atoms with Crippen LogP contribution in [0.4, 0.5) is 5.95 Å². The van der Waals surface area contributed by atoms with E-state index in [1.54, 1.807) is 18.4 Å². The predicted molar refractivity (Wildman–Crippen MR) is 69.7 cm³/mol. The van der Waals surface area contributed by atoms with Crippen LogP contribution in [0.25, 0.3) is 10.7 Å².